The van der Waals surface area contributed by atoms with E-state index in [1.54, 1.807) is 114 Å². The highest BCUT2D eigenvalue weighted by Crippen LogP contribution is 2.67. The summed E-state index contributed by atoms with van der Waals surface area (Å²) in [5, 5.41) is 25.4. The molecule has 42 heavy (non-hydrogen) atoms. The first-order valence-corrected chi connectivity index (χ1v) is 16.5. The molecule has 1 aromatic heterocycles. The summed E-state index contributed by atoms with van der Waals surface area (Å²) in [6, 6.07) is 20.6. The van der Waals surface area contributed by atoms with Crippen LogP contribution in [0.5, 0.6) is 0 Å². The standard InChI is InChI=1S/C40H23NS/c1-14-3-6-24(42-14)40-31-22-12-20-10-18-8-16-5-4-15-7-17-9-19-11-21(23(31)13-41(40)2)32-33(22)37-30(20)28(18)35-26(16)25(15)34-27(17)29(19)36(32)39(37)38(34)35/h3-8,11-12,23,31,40H,9-10,13H2,1-2H3. The van der Waals surface area contributed by atoms with Crippen LogP contribution >= 0.6 is 11.3 Å². The van der Waals surface area contributed by atoms with Crippen molar-refractivity contribution in [2.45, 2.75) is 37.6 Å². The number of likely N-dealkylation sites (N-methyl/N-ethyl adjacent to an activating group) is 1. The molecule has 10 aromatic rings. The van der Waals surface area contributed by atoms with Gasteiger partial charge in [-0.15, -0.1) is 11.3 Å². The molecule has 1 nitrogen and oxygen atoms in total. The molecule has 2 heteroatoms. The number of benzene rings is 7. The van der Waals surface area contributed by atoms with E-state index in [4.69, 9.17) is 0 Å². The van der Waals surface area contributed by atoms with E-state index in [2.05, 4.69) is 67.4 Å². The van der Waals surface area contributed by atoms with Crippen LogP contribution < -0.4 is 0 Å². The van der Waals surface area contributed by atoms with E-state index in [0.717, 1.165) is 19.4 Å². The lowest BCUT2D eigenvalue weighted by atomic mass is 9.72. The van der Waals surface area contributed by atoms with Crippen molar-refractivity contribution in [1.29, 1.82) is 0 Å². The van der Waals surface area contributed by atoms with Crippen LogP contribution in [0, 0.1) is 6.92 Å². The molecule has 0 amide bonds. The van der Waals surface area contributed by atoms with Gasteiger partial charge in [0.1, 0.15) is 0 Å². The van der Waals surface area contributed by atoms with Crippen molar-refractivity contribution in [2.75, 3.05) is 13.6 Å². The van der Waals surface area contributed by atoms with Crippen molar-refractivity contribution in [3.63, 3.8) is 0 Å². The molecule has 1 aliphatic heterocycles. The molecule has 3 unspecified atom stereocenters. The number of likely N-dealkylation sites (tertiary alicyclic amines) is 1. The SMILES string of the molecule is Cc1ccc(C2C3c4cc5c6c7c(cc8ccc9cc%10c%11c%12c(cc(c%13c4c6c(c%13%12)c4c%11c9c8c74)C3CN2C)C%10)C5)s1. The van der Waals surface area contributed by atoms with Gasteiger partial charge in [-0.05, 0) is 159 Å². The van der Waals surface area contributed by atoms with E-state index < -0.39 is 0 Å². The molecule has 0 spiro atoms. The fraction of sp³-hybridized carbons (Fsp3) is 0.200. The molecule has 0 saturated carbocycles. The average Bonchev–Trinajstić information content (AvgIpc) is 3.80. The summed E-state index contributed by atoms with van der Waals surface area (Å²) in [5.74, 6) is 1.05. The van der Waals surface area contributed by atoms with Crippen molar-refractivity contribution in [3.8, 4) is 0 Å². The normalized spacial score (nSPS) is 22.9. The summed E-state index contributed by atoms with van der Waals surface area (Å²) in [4.78, 5) is 5.67. The molecule has 1 saturated heterocycles. The number of fused-ring (bicyclic) bond motifs is 3. The van der Waals surface area contributed by atoms with Crippen LogP contribution in [0.3, 0.4) is 0 Å². The van der Waals surface area contributed by atoms with Crippen molar-refractivity contribution in [3.05, 3.63) is 91.7 Å². The Bertz CT molecular complexity index is 2880. The molecule has 194 valence electrons. The molecule has 14 rings (SSSR count). The maximum Gasteiger partial charge on any atom is 0.0513 e. The summed E-state index contributed by atoms with van der Waals surface area (Å²) < 4.78 is 0. The minimum absolute atomic E-state index is 0.445. The van der Waals surface area contributed by atoms with Crippen LogP contribution in [0.4, 0.5) is 0 Å². The third-order valence-corrected chi connectivity index (χ3v) is 13.8. The molecule has 3 aliphatic carbocycles. The van der Waals surface area contributed by atoms with Gasteiger partial charge in [-0.3, -0.25) is 4.90 Å². The maximum absolute atomic E-state index is 2.72. The summed E-state index contributed by atoms with van der Waals surface area (Å²) in [7, 11) is 2.39. The Labute approximate surface area is 244 Å². The summed E-state index contributed by atoms with van der Waals surface area (Å²) in [6.07, 6.45) is 2.17. The van der Waals surface area contributed by atoms with Crippen LogP contribution in [-0.4, -0.2) is 18.5 Å². The zero-order chi connectivity index (χ0) is 26.7. The first-order valence-electron chi connectivity index (χ1n) is 15.7. The van der Waals surface area contributed by atoms with Gasteiger partial charge >= 0.3 is 0 Å². The fourth-order valence-corrected chi connectivity index (χ4v) is 12.8. The molecule has 0 radical (unpaired) electrons. The number of hydrogen-bond donors (Lipinski definition) is 0. The van der Waals surface area contributed by atoms with Gasteiger partial charge in [0, 0.05) is 28.1 Å². The molecule has 0 bridgehead atoms. The van der Waals surface area contributed by atoms with E-state index in [1.165, 1.54) is 15.6 Å². The Hall–Kier alpha value is -3.98. The molecule has 2 heterocycles. The predicted octanol–water partition coefficient (Wildman–Crippen LogP) is 10.1. The first-order chi connectivity index (χ1) is 20.7. The van der Waals surface area contributed by atoms with E-state index in [-0.39, 0.29) is 0 Å². The zero-order valence-electron chi connectivity index (χ0n) is 23.3. The zero-order valence-corrected chi connectivity index (χ0v) is 24.1. The van der Waals surface area contributed by atoms with Gasteiger partial charge in [-0.25, -0.2) is 0 Å². The van der Waals surface area contributed by atoms with Gasteiger partial charge < -0.3 is 0 Å². The Morgan fingerprint density at radius 2 is 1.10 bits per heavy atom. The van der Waals surface area contributed by atoms with Gasteiger partial charge in [-0.2, -0.15) is 0 Å². The minimum Gasteiger partial charge on any atom is -0.297 e. The highest BCUT2D eigenvalue weighted by atomic mass is 32.1. The summed E-state index contributed by atoms with van der Waals surface area (Å²) in [6.45, 7) is 3.41. The Morgan fingerprint density at radius 3 is 1.69 bits per heavy atom. The second kappa shape index (κ2) is 5.67. The van der Waals surface area contributed by atoms with Gasteiger partial charge in [0.05, 0.1) is 6.04 Å². The largest absolute Gasteiger partial charge is 0.297 e. The maximum atomic E-state index is 2.72. The lowest BCUT2D eigenvalue weighted by molar-refractivity contribution is 0.308. The molecular formula is C40H23NS. The topological polar surface area (TPSA) is 3.24 Å². The van der Waals surface area contributed by atoms with Gasteiger partial charge in [0.15, 0.2) is 0 Å². The van der Waals surface area contributed by atoms with Crippen LogP contribution in [-0.2, 0) is 12.8 Å². The Kier molecular flexibility index (Phi) is 2.70. The monoisotopic (exact) mass is 549 g/mol. The van der Waals surface area contributed by atoms with Crippen molar-refractivity contribution < 1.29 is 0 Å². The van der Waals surface area contributed by atoms with Crippen LogP contribution in [0.15, 0.2) is 48.5 Å². The van der Waals surface area contributed by atoms with Crippen LogP contribution in [0.25, 0.3) is 86.2 Å². The number of hydrogen-bond acceptors (Lipinski definition) is 2. The molecule has 9 aromatic carbocycles. The summed E-state index contributed by atoms with van der Waals surface area (Å²) in [5.41, 5.74) is 9.64. The Morgan fingerprint density at radius 1 is 0.571 bits per heavy atom. The lowest BCUT2D eigenvalue weighted by Gasteiger charge is -2.31. The molecular weight excluding hydrogens is 527 g/mol. The van der Waals surface area contributed by atoms with Gasteiger partial charge in [-0.1, -0.05) is 36.4 Å². The third kappa shape index (κ3) is 1.68. The average molecular weight is 550 g/mol. The minimum atomic E-state index is 0.445. The lowest BCUT2D eigenvalue weighted by Crippen LogP contribution is -2.20. The van der Waals surface area contributed by atoms with E-state index in [9.17, 15) is 0 Å². The quantitative estimate of drug-likeness (QED) is 0.184. The highest BCUT2D eigenvalue weighted by molar-refractivity contribution is 7.12. The van der Waals surface area contributed by atoms with E-state index in [1.807, 2.05) is 11.3 Å². The van der Waals surface area contributed by atoms with Gasteiger partial charge in [0.2, 0.25) is 0 Å². The van der Waals surface area contributed by atoms with E-state index in [0.29, 0.717) is 17.9 Å². The van der Waals surface area contributed by atoms with E-state index >= 15 is 0 Å². The second-order valence-corrected chi connectivity index (χ2v) is 15.7. The molecule has 4 aliphatic rings. The Balaban J connectivity index is 1.32. The highest BCUT2D eigenvalue weighted by Gasteiger charge is 2.49. The predicted molar refractivity (Wildman–Crippen MR) is 178 cm³/mol. The fourth-order valence-electron chi connectivity index (χ4n) is 11.7. The smallest absolute Gasteiger partial charge is 0.0513 e. The third-order valence-electron chi connectivity index (χ3n) is 12.8. The molecule has 3 atom stereocenters. The first kappa shape index (κ1) is 20.0. The summed E-state index contributed by atoms with van der Waals surface area (Å²) >= 11 is 2.02. The second-order valence-electron chi connectivity index (χ2n) is 14.4. The van der Waals surface area contributed by atoms with Crippen LogP contribution in [0.1, 0.15) is 61.0 Å². The van der Waals surface area contributed by atoms with Crippen LogP contribution in [0.2, 0.25) is 0 Å². The molecule has 0 N–H and O–H groups in total. The van der Waals surface area contributed by atoms with Crippen molar-refractivity contribution >= 4 is 97.5 Å². The molecule has 1 fully saturated rings. The number of thiophene rings is 1. The number of rotatable bonds is 1. The number of nitrogens with zero attached hydrogens (tertiary/aromatic N) is 1. The van der Waals surface area contributed by atoms with Gasteiger partial charge in [0.25, 0.3) is 0 Å². The van der Waals surface area contributed by atoms with Crippen molar-refractivity contribution in [2.24, 2.45) is 0 Å². The van der Waals surface area contributed by atoms with Crippen molar-refractivity contribution in [1.82, 2.24) is 4.90 Å². The number of aryl methyl sites for hydroxylation is 1.